The molecular weight excluding hydrogens is 204 g/mol. The Balaban J connectivity index is 2.11. The number of ether oxygens (including phenoxy) is 1. The topological polar surface area (TPSA) is 64.3 Å². The summed E-state index contributed by atoms with van der Waals surface area (Å²) in [6.45, 7) is 2.70. The fourth-order valence-electron chi connectivity index (χ4n) is 2.03. The standard InChI is InChI=1S/C12H24N2O2/c1-10(13)5-3-8-14-11(15)9-12(16-2)6-4-7-12/h10H,3-9,13H2,1-2H3,(H,14,15). The average molecular weight is 228 g/mol. The van der Waals surface area contributed by atoms with Crippen LogP contribution in [-0.4, -0.2) is 31.2 Å². The van der Waals surface area contributed by atoms with Crippen LogP contribution in [0.15, 0.2) is 0 Å². The number of amides is 1. The van der Waals surface area contributed by atoms with Crippen molar-refractivity contribution in [2.45, 2.75) is 57.1 Å². The average Bonchev–Trinajstić information content (AvgIpc) is 2.18. The van der Waals surface area contributed by atoms with E-state index in [1.807, 2.05) is 6.92 Å². The number of nitrogens with two attached hydrogens (primary N) is 1. The summed E-state index contributed by atoms with van der Waals surface area (Å²) in [6, 6.07) is 0.217. The van der Waals surface area contributed by atoms with Crippen molar-refractivity contribution in [3.8, 4) is 0 Å². The van der Waals surface area contributed by atoms with Gasteiger partial charge in [-0.05, 0) is 39.0 Å². The van der Waals surface area contributed by atoms with Gasteiger partial charge in [0.05, 0.1) is 12.0 Å². The Morgan fingerprint density at radius 2 is 2.25 bits per heavy atom. The Hall–Kier alpha value is -0.610. The van der Waals surface area contributed by atoms with Crippen LogP contribution in [0.5, 0.6) is 0 Å². The summed E-state index contributed by atoms with van der Waals surface area (Å²) in [4.78, 5) is 11.6. The maximum Gasteiger partial charge on any atom is 0.222 e. The van der Waals surface area contributed by atoms with Crippen molar-refractivity contribution in [2.75, 3.05) is 13.7 Å². The van der Waals surface area contributed by atoms with Crippen LogP contribution in [0.2, 0.25) is 0 Å². The zero-order valence-corrected chi connectivity index (χ0v) is 10.4. The lowest BCUT2D eigenvalue weighted by Gasteiger charge is -2.39. The Kier molecular flexibility index (Phi) is 5.22. The fraction of sp³-hybridized carbons (Fsp3) is 0.917. The molecular formula is C12H24N2O2. The number of methoxy groups -OCH3 is 1. The van der Waals surface area contributed by atoms with E-state index in [4.69, 9.17) is 10.5 Å². The summed E-state index contributed by atoms with van der Waals surface area (Å²) in [5, 5.41) is 2.92. The summed E-state index contributed by atoms with van der Waals surface area (Å²) in [7, 11) is 1.70. The van der Waals surface area contributed by atoms with Gasteiger partial charge in [0.2, 0.25) is 5.91 Å². The first kappa shape index (κ1) is 13.5. The lowest BCUT2D eigenvalue weighted by molar-refractivity contribution is -0.134. The van der Waals surface area contributed by atoms with Crippen molar-refractivity contribution < 1.29 is 9.53 Å². The third-order valence-corrected chi connectivity index (χ3v) is 3.34. The van der Waals surface area contributed by atoms with Gasteiger partial charge in [-0.1, -0.05) is 0 Å². The second kappa shape index (κ2) is 6.21. The van der Waals surface area contributed by atoms with E-state index >= 15 is 0 Å². The SMILES string of the molecule is COC1(CC(=O)NCCCC(C)N)CCC1. The summed E-state index contributed by atoms with van der Waals surface area (Å²) >= 11 is 0. The van der Waals surface area contributed by atoms with Crippen LogP contribution < -0.4 is 11.1 Å². The molecule has 94 valence electrons. The molecule has 4 heteroatoms. The summed E-state index contributed by atoms with van der Waals surface area (Å²) in [5.41, 5.74) is 5.47. The van der Waals surface area contributed by atoms with E-state index in [-0.39, 0.29) is 17.6 Å². The Morgan fingerprint density at radius 1 is 1.56 bits per heavy atom. The molecule has 1 atom stereocenters. The van der Waals surface area contributed by atoms with Gasteiger partial charge in [-0.2, -0.15) is 0 Å². The summed E-state index contributed by atoms with van der Waals surface area (Å²) in [6.07, 6.45) is 5.60. The second-order valence-corrected chi connectivity index (χ2v) is 4.89. The van der Waals surface area contributed by atoms with E-state index in [0.717, 1.165) is 32.2 Å². The largest absolute Gasteiger partial charge is 0.378 e. The van der Waals surface area contributed by atoms with Crippen molar-refractivity contribution >= 4 is 5.91 Å². The Morgan fingerprint density at radius 3 is 2.69 bits per heavy atom. The van der Waals surface area contributed by atoms with Crippen molar-refractivity contribution in [1.29, 1.82) is 0 Å². The van der Waals surface area contributed by atoms with E-state index < -0.39 is 0 Å². The molecule has 1 unspecified atom stereocenters. The van der Waals surface area contributed by atoms with Gasteiger partial charge in [-0.25, -0.2) is 0 Å². The smallest absolute Gasteiger partial charge is 0.222 e. The summed E-state index contributed by atoms with van der Waals surface area (Å²) < 4.78 is 5.41. The first-order valence-electron chi connectivity index (χ1n) is 6.15. The number of hydrogen-bond donors (Lipinski definition) is 2. The molecule has 0 aromatic carbocycles. The third kappa shape index (κ3) is 4.10. The zero-order chi connectivity index (χ0) is 12.0. The van der Waals surface area contributed by atoms with E-state index in [1.54, 1.807) is 7.11 Å². The minimum Gasteiger partial charge on any atom is -0.378 e. The van der Waals surface area contributed by atoms with Gasteiger partial charge in [0, 0.05) is 19.7 Å². The molecule has 0 saturated heterocycles. The number of hydrogen-bond acceptors (Lipinski definition) is 3. The molecule has 3 N–H and O–H groups in total. The molecule has 1 aliphatic rings. The van der Waals surface area contributed by atoms with Crippen molar-refractivity contribution in [3.05, 3.63) is 0 Å². The first-order valence-corrected chi connectivity index (χ1v) is 6.15. The van der Waals surface area contributed by atoms with Gasteiger partial charge >= 0.3 is 0 Å². The third-order valence-electron chi connectivity index (χ3n) is 3.34. The van der Waals surface area contributed by atoms with E-state index in [2.05, 4.69) is 5.32 Å². The Bertz CT molecular complexity index is 220. The van der Waals surface area contributed by atoms with Crippen LogP contribution in [0.4, 0.5) is 0 Å². The molecule has 0 heterocycles. The molecule has 0 spiro atoms. The normalized spacial score (nSPS) is 19.9. The highest BCUT2D eigenvalue weighted by atomic mass is 16.5. The molecule has 0 aliphatic heterocycles. The molecule has 0 aromatic heterocycles. The van der Waals surface area contributed by atoms with Crippen LogP contribution in [0.3, 0.4) is 0 Å². The molecule has 1 rings (SSSR count). The highest BCUT2D eigenvalue weighted by Crippen LogP contribution is 2.37. The number of nitrogens with one attached hydrogen (secondary N) is 1. The van der Waals surface area contributed by atoms with E-state index in [9.17, 15) is 4.79 Å². The minimum atomic E-state index is -0.161. The predicted molar refractivity (Wildman–Crippen MR) is 64.1 cm³/mol. The molecule has 1 fully saturated rings. The lowest BCUT2D eigenvalue weighted by Crippen LogP contribution is -2.44. The van der Waals surface area contributed by atoms with E-state index in [0.29, 0.717) is 6.42 Å². The van der Waals surface area contributed by atoms with Gasteiger partial charge in [0.15, 0.2) is 0 Å². The van der Waals surface area contributed by atoms with Gasteiger partial charge in [0.1, 0.15) is 0 Å². The van der Waals surface area contributed by atoms with Crippen LogP contribution in [0.1, 0.15) is 45.4 Å². The fourth-order valence-corrected chi connectivity index (χ4v) is 2.03. The van der Waals surface area contributed by atoms with Crippen LogP contribution in [-0.2, 0) is 9.53 Å². The van der Waals surface area contributed by atoms with Gasteiger partial charge in [-0.3, -0.25) is 4.79 Å². The highest BCUT2D eigenvalue weighted by molar-refractivity contribution is 5.77. The van der Waals surface area contributed by atoms with Gasteiger partial charge in [0.25, 0.3) is 0 Å². The van der Waals surface area contributed by atoms with Crippen molar-refractivity contribution in [3.63, 3.8) is 0 Å². The molecule has 1 amide bonds. The van der Waals surface area contributed by atoms with Crippen LogP contribution in [0, 0.1) is 0 Å². The summed E-state index contributed by atoms with van der Waals surface area (Å²) in [5.74, 6) is 0.103. The minimum absolute atomic E-state index is 0.103. The van der Waals surface area contributed by atoms with Crippen molar-refractivity contribution in [1.82, 2.24) is 5.32 Å². The number of carbonyl (C=O) groups excluding carboxylic acids is 1. The molecule has 0 radical (unpaired) electrons. The zero-order valence-electron chi connectivity index (χ0n) is 10.4. The predicted octanol–water partition coefficient (Wildman–Crippen LogP) is 1.19. The number of rotatable bonds is 7. The quantitative estimate of drug-likeness (QED) is 0.643. The molecule has 4 nitrogen and oxygen atoms in total. The molecule has 0 aromatic rings. The molecule has 1 aliphatic carbocycles. The first-order chi connectivity index (χ1) is 7.58. The maximum atomic E-state index is 11.6. The van der Waals surface area contributed by atoms with Crippen LogP contribution >= 0.6 is 0 Å². The highest BCUT2D eigenvalue weighted by Gasteiger charge is 2.38. The Labute approximate surface area is 97.9 Å². The van der Waals surface area contributed by atoms with E-state index in [1.165, 1.54) is 6.42 Å². The van der Waals surface area contributed by atoms with Crippen LogP contribution in [0.25, 0.3) is 0 Å². The number of carbonyl (C=O) groups is 1. The monoisotopic (exact) mass is 228 g/mol. The van der Waals surface area contributed by atoms with Gasteiger partial charge in [-0.15, -0.1) is 0 Å². The molecule has 1 saturated carbocycles. The second-order valence-electron chi connectivity index (χ2n) is 4.89. The lowest BCUT2D eigenvalue weighted by atomic mass is 9.77. The van der Waals surface area contributed by atoms with Gasteiger partial charge < -0.3 is 15.8 Å². The molecule has 16 heavy (non-hydrogen) atoms. The van der Waals surface area contributed by atoms with Crippen molar-refractivity contribution in [2.24, 2.45) is 5.73 Å². The molecule has 0 bridgehead atoms. The maximum absolute atomic E-state index is 11.6.